The zero-order valence-corrected chi connectivity index (χ0v) is 21.3. The summed E-state index contributed by atoms with van der Waals surface area (Å²) in [5.74, 6) is 1.94. The third kappa shape index (κ3) is 8.71. The van der Waals surface area contributed by atoms with Gasteiger partial charge >= 0.3 is 0 Å². The van der Waals surface area contributed by atoms with Gasteiger partial charge in [-0.2, -0.15) is 0 Å². The molecule has 7 nitrogen and oxygen atoms in total. The number of hydrogen-bond donors (Lipinski definition) is 1. The SMILES string of the molecule is C=C/C=C(\C)C(=O)NS(=O)C[C@@H](C)[C@@H](C)CC[C@H](C1CCC1)C1OCC(N(C)C)CO1.O.[HH]. The first-order valence-electron chi connectivity index (χ1n) is 11.6. The van der Waals surface area contributed by atoms with Gasteiger partial charge in [-0.15, -0.1) is 0 Å². The molecule has 0 radical (unpaired) electrons. The summed E-state index contributed by atoms with van der Waals surface area (Å²) in [5, 5.41) is 0. The van der Waals surface area contributed by atoms with Gasteiger partial charge in [0.1, 0.15) is 11.0 Å². The molecule has 0 aromatic rings. The molecular weight excluding hydrogens is 428 g/mol. The fourth-order valence-electron chi connectivity index (χ4n) is 4.14. The highest BCUT2D eigenvalue weighted by Gasteiger charge is 2.37. The van der Waals surface area contributed by atoms with Gasteiger partial charge in [-0.3, -0.25) is 9.52 Å². The average molecular weight is 475 g/mol. The van der Waals surface area contributed by atoms with Crippen LogP contribution in [0.3, 0.4) is 0 Å². The number of carbonyl (C=O) groups is 1. The number of amides is 1. The molecule has 1 aliphatic heterocycles. The quantitative estimate of drug-likeness (QED) is 0.346. The van der Waals surface area contributed by atoms with Crippen molar-refractivity contribution >= 4 is 16.9 Å². The number of nitrogens with zero attached hydrogens (tertiary/aromatic N) is 1. The maximum absolute atomic E-state index is 12.4. The van der Waals surface area contributed by atoms with E-state index in [1.807, 2.05) is 0 Å². The minimum absolute atomic E-state index is 0. The summed E-state index contributed by atoms with van der Waals surface area (Å²) >= 11 is 0. The fraction of sp³-hybridized carbons (Fsp3) is 0.792. The van der Waals surface area contributed by atoms with E-state index in [0.717, 1.165) is 26.1 Å². The number of hydrogen-bond acceptors (Lipinski definition) is 5. The normalized spacial score (nSPS) is 25.8. The van der Waals surface area contributed by atoms with Crippen LogP contribution in [-0.4, -0.2) is 65.9 Å². The number of likely N-dealkylation sites (N-methyl/N-ethyl adjacent to an activating group) is 1. The van der Waals surface area contributed by atoms with E-state index in [-0.39, 0.29) is 25.0 Å². The molecule has 2 rings (SSSR count). The summed E-state index contributed by atoms with van der Waals surface area (Å²) < 4.78 is 27.3. The summed E-state index contributed by atoms with van der Waals surface area (Å²) in [6.45, 7) is 11.1. The molecule has 4 atom stereocenters. The minimum Gasteiger partial charge on any atom is -0.412 e. The lowest BCUT2D eigenvalue weighted by Gasteiger charge is -2.42. The van der Waals surface area contributed by atoms with Crippen LogP contribution in [0.5, 0.6) is 0 Å². The molecule has 1 saturated heterocycles. The van der Waals surface area contributed by atoms with Crippen molar-refractivity contribution < 1.29 is 25.4 Å². The zero-order chi connectivity index (χ0) is 23.0. The fourth-order valence-corrected chi connectivity index (χ4v) is 5.39. The van der Waals surface area contributed by atoms with E-state index in [9.17, 15) is 9.00 Å². The highest BCUT2D eigenvalue weighted by Crippen LogP contribution is 2.40. The van der Waals surface area contributed by atoms with E-state index in [0.29, 0.717) is 35.1 Å². The average Bonchev–Trinajstić information content (AvgIpc) is 2.69. The van der Waals surface area contributed by atoms with Gasteiger partial charge in [0.05, 0.1) is 19.3 Å². The molecule has 0 aromatic carbocycles. The second-order valence-electron chi connectivity index (χ2n) is 9.57. The van der Waals surface area contributed by atoms with Crippen LogP contribution in [0.25, 0.3) is 0 Å². The predicted molar refractivity (Wildman–Crippen MR) is 132 cm³/mol. The van der Waals surface area contributed by atoms with Crippen LogP contribution in [0, 0.1) is 23.7 Å². The second-order valence-corrected chi connectivity index (χ2v) is 10.8. The van der Waals surface area contributed by atoms with Crippen molar-refractivity contribution in [3.8, 4) is 0 Å². The molecule has 2 fully saturated rings. The summed E-state index contributed by atoms with van der Waals surface area (Å²) in [7, 11) is 2.75. The van der Waals surface area contributed by atoms with Gasteiger partial charge in [-0.05, 0) is 64.5 Å². The van der Waals surface area contributed by atoms with E-state index in [1.54, 1.807) is 19.1 Å². The maximum atomic E-state index is 12.4. The largest absolute Gasteiger partial charge is 0.412 e. The predicted octanol–water partition coefficient (Wildman–Crippen LogP) is 3.09. The van der Waals surface area contributed by atoms with Gasteiger partial charge < -0.3 is 19.8 Å². The molecule has 1 heterocycles. The number of allylic oxidation sites excluding steroid dienone is 2. The molecule has 8 heteroatoms. The van der Waals surface area contributed by atoms with Crippen LogP contribution in [0.1, 0.15) is 54.3 Å². The number of carbonyl (C=O) groups excluding carboxylic acids is 1. The van der Waals surface area contributed by atoms with Crippen molar-refractivity contribution in [2.24, 2.45) is 23.7 Å². The van der Waals surface area contributed by atoms with E-state index < -0.39 is 11.0 Å². The molecule has 0 spiro atoms. The zero-order valence-electron chi connectivity index (χ0n) is 20.5. The Morgan fingerprint density at radius 1 is 1.22 bits per heavy atom. The summed E-state index contributed by atoms with van der Waals surface area (Å²) in [5.41, 5.74) is 0.511. The van der Waals surface area contributed by atoms with E-state index >= 15 is 0 Å². The van der Waals surface area contributed by atoms with Crippen LogP contribution in [-0.2, 0) is 25.3 Å². The van der Waals surface area contributed by atoms with Crippen molar-refractivity contribution in [2.45, 2.75) is 65.2 Å². The molecular formula is C24H46N2O5S. The van der Waals surface area contributed by atoms with Gasteiger partial charge in [0.25, 0.3) is 5.91 Å². The smallest absolute Gasteiger partial charge is 0.258 e. The Balaban J connectivity index is 0.00000512. The minimum atomic E-state index is -1.38. The van der Waals surface area contributed by atoms with Crippen molar-refractivity contribution in [2.75, 3.05) is 33.1 Å². The topological polar surface area (TPSA) is 99.4 Å². The first-order valence-corrected chi connectivity index (χ1v) is 12.9. The molecule has 32 heavy (non-hydrogen) atoms. The molecule has 2 aliphatic rings. The lowest BCUT2D eigenvalue weighted by molar-refractivity contribution is -0.237. The first-order chi connectivity index (χ1) is 14.7. The summed E-state index contributed by atoms with van der Waals surface area (Å²) in [6, 6.07) is 0.326. The number of ether oxygens (including phenoxy) is 2. The Kier molecular flexibility index (Phi) is 12.9. The van der Waals surface area contributed by atoms with Crippen LogP contribution >= 0.6 is 0 Å². The van der Waals surface area contributed by atoms with Gasteiger partial charge in [0, 0.05) is 18.7 Å². The molecule has 188 valence electrons. The molecule has 0 aromatic heterocycles. The van der Waals surface area contributed by atoms with Crippen molar-refractivity contribution in [3.63, 3.8) is 0 Å². The highest BCUT2D eigenvalue weighted by atomic mass is 32.2. The third-order valence-electron chi connectivity index (χ3n) is 7.01. The van der Waals surface area contributed by atoms with Crippen molar-refractivity contribution in [1.82, 2.24) is 9.62 Å². The maximum Gasteiger partial charge on any atom is 0.258 e. The summed E-state index contributed by atoms with van der Waals surface area (Å²) in [6.07, 6.45) is 9.02. The molecule has 1 saturated carbocycles. The van der Waals surface area contributed by atoms with Crippen LogP contribution in [0.4, 0.5) is 0 Å². The highest BCUT2D eigenvalue weighted by molar-refractivity contribution is 7.83. The standard InChI is InChI=1S/C24H42N2O4S.H2O.H2/c1-7-9-18(3)23(27)25-31(28)16-19(4)17(2)12-13-22(20-10-8-11-20)24-29-14-21(15-30-24)26(5)6;;/h7,9,17,19-22,24H,1,8,10-16H2,2-6H3,(H,25,27);1H2;1H/b18-9+;;/t17-,19+,21?,22+,24?,31?;;/m0../s1. The van der Waals surface area contributed by atoms with E-state index in [2.05, 4.69) is 44.1 Å². The Morgan fingerprint density at radius 3 is 2.34 bits per heavy atom. The lowest BCUT2D eigenvalue weighted by Crippen LogP contribution is -2.48. The van der Waals surface area contributed by atoms with Gasteiger partial charge in [-0.1, -0.05) is 39.0 Å². The van der Waals surface area contributed by atoms with Crippen molar-refractivity contribution in [3.05, 3.63) is 24.3 Å². The number of rotatable bonds is 12. The van der Waals surface area contributed by atoms with Crippen LogP contribution in [0.15, 0.2) is 24.3 Å². The van der Waals surface area contributed by atoms with Gasteiger partial charge in [-0.25, -0.2) is 4.21 Å². The molecule has 1 unspecified atom stereocenters. The Hall–Kier alpha value is -1.06. The van der Waals surface area contributed by atoms with Gasteiger partial charge in [0.2, 0.25) is 0 Å². The monoisotopic (exact) mass is 474 g/mol. The van der Waals surface area contributed by atoms with Crippen LogP contribution < -0.4 is 4.72 Å². The van der Waals surface area contributed by atoms with E-state index in [4.69, 9.17) is 9.47 Å². The number of nitrogens with one attached hydrogen (secondary N) is 1. The molecule has 3 N–H and O–H groups in total. The van der Waals surface area contributed by atoms with Crippen molar-refractivity contribution in [1.29, 1.82) is 0 Å². The second kappa shape index (κ2) is 14.3. The molecule has 1 aliphatic carbocycles. The van der Waals surface area contributed by atoms with Gasteiger partial charge in [0.15, 0.2) is 6.29 Å². The Labute approximate surface area is 198 Å². The Morgan fingerprint density at radius 2 is 1.84 bits per heavy atom. The first kappa shape index (κ1) is 29.0. The Bertz CT molecular complexity index is 649. The third-order valence-corrected chi connectivity index (χ3v) is 8.26. The van der Waals surface area contributed by atoms with E-state index in [1.165, 1.54) is 19.3 Å². The van der Waals surface area contributed by atoms with Crippen LogP contribution in [0.2, 0.25) is 0 Å². The summed E-state index contributed by atoms with van der Waals surface area (Å²) in [4.78, 5) is 14.2. The molecule has 1 amide bonds. The lowest BCUT2D eigenvalue weighted by atomic mass is 9.72. The molecule has 0 bridgehead atoms.